The van der Waals surface area contributed by atoms with E-state index in [4.69, 9.17) is 4.42 Å². The number of aryl methyl sites for hydroxylation is 1. The van der Waals surface area contributed by atoms with Crippen LogP contribution in [0.5, 0.6) is 0 Å². The molecule has 3 heterocycles. The lowest BCUT2D eigenvalue weighted by Crippen LogP contribution is -2.35. The van der Waals surface area contributed by atoms with E-state index < -0.39 is 0 Å². The zero-order chi connectivity index (χ0) is 25.1. The maximum absolute atomic E-state index is 13.1. The lowest BCUT2D eigenvalue weighted by atomic mass is 9.99. The fourth-order valence-electron chi connectivity index (χ4n) is 4.75. The Hall–Kier alpha value is -4.04. The van der Waals surface area contributed by atoms with Crippen molar-refractivity contribution in [3.8, 4) is 0 Å². The van der Waals surface area contributed by atoms with Crippen molar-refractivity contribution in [3.63, 3.8) is 0 Å². The monoisotopic (exact) mass is 482 g/mol. The third-order valence-electron chi connectivity index (χ3n) is 6.41. The van der Waals surface area contributed by atoms with Gasteiger partial charge in [0.05, 0.1) is 12.3 Å². The number of nitrogens with zero attached hydrogens (tertiary/aromatic N) is 5. The summed E-state index contributed by atoms with van der Waals surface area (Å²) < 4.78 is 7.33. The number of furan rings is 1. The molecule has 2 aromatic carbocycles. The van der Waals surface area contributed by atoms with Crippen LogP contribution in [0.2, 0.25) is 0 Å². The highest BCUT2D eigenvalue weighted by Crippen LogP contribution is 2.30. The average Bonchev–Trinajstić information content (AvgIpc) is 3.53. The van der Waals surface area contributed by atoms with Gasteiger partial charge < -0.3 is 9.40 Å². The van der Waals surface area contributed by atoms with Gasteiger partial charge in [-0.1, -0.05) is 55.8 Å². The molecule has 0 amide bonds. The summed E-state index contributed by atoms with van der Waals surface area (Å²) in [5, 5.41) is 13.7. The van der Waals surface area contributed by atoms with Gasteiger partial charge >= 0.3 is 0 Å². The van der Waals surface area contributed by atoms with E-state index >= 15 is 0 Å². The fourth-order valence-corrected chi connectivity index (χ4v) is 4.75. The van der Waals surface area contributed by atoms with Crippen molar-refractivity contribution in [1.29, 1.82) is 0 Å². The van der Waals surface area contributed by atoms with Gasteiger partial charge in [-0.2, -0.15) is 0 Å². The molecule has 0 bridgehead atoms. The third-order valence-corrected chi connectivity index (χ3v) is 6.41. The van der Waals surface area contributed by atoms with Crippen LogP contribution in [-0.2, 0) is 19.6 Å². The lowest BCUT2D eigenvalue weighted by Gasteiger charge is -2.33. The minimum atomic E-state index is -0.136. The summed E-state index contributed by atoms with van der Waals surface area (Å²) in [6, 6.07) is 22.0. The van der Waals surface area contributed by atoms with Crippen LogP contribution in [-0.4, -0.2) is 30.1 Å². The molecule has 0 aliphatic heterocycles. The first-order valence-corrected chi connectivity index (χ1v) is 12.2. The molecule has 3 aromatic heterocycles. The number of benzene rings is 2. The van der Waals surface area contributed by atoms with Crippen molar-refractivity contribution in [1.82, 2.24) is 30.1 Å². The first-order chi connectivity index (χ1) is 17.5. The fraction of sp³-hybridized carbons (Fsp3) is 0.286. The molecule has 184 valence electrons. The maximum atomic E-state index is 13.1. The van der Waals surface area contributed by atoms with Crippen LogP contribution in [0.1, 0.15) is 48.2 Å². The predicted molar refractivity (Wildman–Crippen MR) is 138 cm³/mol. The van der Waals surface area contributed by atoms with Gasteiger partial charge in [0.15, 0.2) is 5.82 Å². The van der Waals surface area contributed by atoms with Gasteiger partial charge in [-0.3, -0.25) is 9.69 Å². The number of aromatic amines is 1. The summed E-state index contributed by atoms with van der Waals surface area (Å²) in [6.07, 6.45) is 1.65. The summed E-state index contributed by atoms with van der Waals surface area (Å²) >= 11 is 0. The number of rotatable bonds is 9. The number of pyridine rings is 1. The van der Waals surface area contributed by atoms with Crippen LogP contribution in [0.3, 0.4) is 0 Å². The number of hydrogen-bond acceptors (Lipinski definition) is 6. The third kappa shape index (κ3) is 5.13. The molecule has 0 saturated carbocycles. The molecule has 0 unspecified atom stereocenters. The summed E-state index contributed by atoms with van der Waals surface area (Å²) in [4.78, 5) is 18.5. The van der Waals surface area contributed by atoms with Crippen LogP contribution in [0, 0.1) is 12.8 Å². The standard InChI is InChI=1S/C28H30N6O2/c1-19(2)26(27-30-31-32-34(27)18-24-10-7-13-36-24)33(16-21-8-5-4-6-9-21)17-23-15-22-14-20(3)11-12-25(22)29-28(23)35/h4-15,19,26H,16-18H2,1-3H3,(H,29,35)/t26-/m0/s1. The second-order valence-electron chi connectivity index (χ2n) is 9.57. The van der Waals surface area contributed by atoms with Crippen molar-refractivity contribution >= 4 is 10.9 Å². The number of hydrogen-bond donors (Lipinski definition) is 1. The summed E-state index contributed by atoms with van der Waals surface area (Å²) in [5.74, 6) is 1.70. The maximum Gasteiger partial charge on any atom is 0.252 e. The normalized spacial score (nSPS) is 12.6. The zero-order valence-corrected chi connectivity index (χ0v) is 20.8. The smallest absolute Gasteiger partial charge is 0.252 e. The van der Waals surface area contributed by atoms with Gasteiger partial charge in [0.25, 0.3) is 5.56 Å². The van der Waals surface area contributed by atoms with Crippen molar-refractivity contribution in [2.75, 3.05) is 0 Å². The number of aromatic nitrogens is 5. The number of fused-ring (bicyclic) bond motifs is 1. The molecule has 0 fully saturated rings. The quantitative estimate of drug-likeness (QED) is 0.322. The SMILES string of the molecule is Cc1ccc2[nH]c(=O)c(CN(Cc3ccccc3)[C@H](c3nnnn3Cc3ccco3)C(C)C)cc2c1. The Balaban J connectivity index is 1.55. The molecule has 0 aliphatic rings. The first kappa shape index (κ1) is 23.7. The molecule has 1 N–H and O–H groups in total. The van der Waals surface area contributed by atoms with E-state index in [0.29, 0.717) is 25.2 Å². The summed E-state index contributed by atoms with van der Waals surface area (Å²) in [6.45, 7) is 7.89. The van der Waals surface area contributed by atoms with Crippen LogP contribution >= 0.6 is 0 Å². The molecular weight excluding hydrogens is 452 g/mol. The average molecular weight is 483 g/mol. The first-order valence-electron chi connectivity index (χ1n) is 12.2. The highest BCUT2D eigenvalue weighted by molar-refractivity contribution is 5.79. The van der Waals surface area contributed by atoms with E-state index in [1.54, 1.807) is 10.9 Å². The van der Waals surface area contributed by atoms with Crippen LogP contribution in [0.25, 0.3) is 10.9 Å². The Morgan fingerprint density at radius 1 is 1.03 bits per heavy atom. The van der Waals surface area contributed by atoms with E-state index in [0.717, 1.165) is 33.6 Å². The highest BCUT2D eigenvalue weighted by atomic mass is 16.3. The van der Waals surface area contributed by atoms with E-state index in [1.807, 2.05) is 48.5 Å². The predicted octanol–water partition coefficient (Wildman–Crippen LogP) is 4.86. The van der Waals surface area contributed by atoms with Gasteiger partial charge in [0, 0.05) is 24.2 Å². The van der Waals surface area contributed by atoms with E-state index in [1.165, 1.54) is 0 Å². The molecule has 5 rings (SSSR count). The topological polar surface area (TPSA) is 92.8 Å². The molecule has 0 radical (unpaired) electrons. The molecule has 5 aromatic rings. The second-order valence-corrected chi connectivity index (χ2v) is 9.57. The van der Waals surface area contributed by atoms with Crippen LogP contribution < -0.4 is 5.56 Å². The second kappa shape index (κ2) is 10.3. The van der Waals surface area contributed by atoms with Gasteiger partial charge in [0.2, 0.25) is 0 Å². The molecule has 8 nitrogen and oxygen atoms in total. The zero-order valence-electron chi connectivity index (χ0n) is 20.8. The van der Waals surface area contributed by atoms with Crippen LogP contribution in [0.15, 0.2) is 82.2 Å². The van der Waals surface area contributed by atoms with E-state index in [-0.39, 0.29) is 17.5 Å². The van der Waals surface area contributed by atoms with Crippen molar-refractivity contribution in [2.24, 2.45) is 5.92 Å². The lowest BCUT2D eigenvalue weighted by molar-refractivity contribution is 0.125. The Labute approximate surface area is 209 Å². The van der Waals surface area contributed by atoms with E-state index in [2.05, 4.69) is 64.4 Å². The molecule has 36 heavy (non-hydrogen) atoms. The molecule has 8 heteroatoms. The van der Waals surface area contributed by atoms with Crippen molar-refractivity contribution in [2.45, 2.75) is 46.4 Å². The Morgan fingerprint density at radius 2 is 1.86 bits per heavy atom. The largest absolute Gasteiger partial charge is 0.467 e. The Kier molecular flexibility index (Phi) is 6.77. The molecule has 0 aliphatic carbocycles. The molecule has 0 saturated heterocycles. The highest BCUT2D eigenvalue weighted by Gasteiger charge is 2.30. The minimum Gasteiger partial charge on any atom is -0.467 e. The van der Waals surface area contributed by atoms with Gasteiger partial charge in [-0.25, -0.2) is 4.68 Å². The van der Waals surface area contributed by atoms with Crippen molar-refractivity contribution < 1.29 is 4.42 Å². The summed E-state index contributed by atoms with van der Waals surface area (Å²) in [5.41, 5.74) is 3.77. The summed E-state index contributed by atoms with van der Waals surface area (Å²) in [7, 11) is 0. The van der Waals surface area contributed by atoms with Gasteiger partial charge in [-0.15, -0.1) is 5.10 Å². The van der Waals surface area contributed by atoms with Crippen molar-refractivity contribution in [3.05, 3.63) is 112 Å². The van der Waals surface area contributed by atoms with Gasteiger partial charge in [0.1, 0.15) is 12.3 Å². The molecule has 0 spiro atoms. The Bertz CT molecular complexity index is 1490. The van der Waals surface area contributed by atoms with Crippen LogP contribution in [0.4, 0.5) is 0 Å². The van der Waals surface area contributed by atoms with E-state index in [9.17, 15) is 4.79 Å². The number of nitrogens with one attached hydrogen (secondary N) is 1. The number of tetrazole rings is 1. The van der Waals surface area contributed by atoms with Gasteiger partial charge in [-0.05, 0) is 64.5 Å². The number of H-pyrrole nitrogens is 1. The molecular formula is C28H30N6O2. The Morgan fingerprint density at radius 3 is 2.61 bits per heavy atom. The molecule has 1 atom stereocenters. The minimum absolute atomic E-state index is 0.0814.